The van der Waals surface area contributed by atoms with Crippen molar-refractivity contribution in [2.45, 2.75) is 16.7 Å². The van der Waals surface area contributed by atoms with Gasteiger partial charge >= 0.3 is 5.92 Å². The predicted molar refractivity (Wildman–Crippen MR) is 52.4 cm³/mol. The largest absolute Gasteiger partial charge is 0.508 e. The summed E-state index contributed by atoms with van der Waals surface area (Å²) in [6.07, 6.45) is 0. The van der Waals surface area contributed by atoms with Crippen LogP contribution in [0.5, 0.6) is 5.75 Å². The lowest BCUT2D eigenvalue weighted by Gasteiger charge is -2.28. The van der Waals surface area contributed by atoms with E-state index in [0.29, 0.717) is 0 Å². The van der Waals surface area contributed by atoms with E-state index < -0.39 is 22.2 Å². The van der Waals surface area contributed by atoms with E-state index in [1.165, 1.54) is 0 Å². The molecular weight excluding hydrogens is 271 g/mol. The van der Waals surface area contributed by atoms with Crippen LogP contribution in [-0.2, 0) is 5.13 Å². The maximum atomic E-state index is 13.6. The van der Waals surface area contributed by atoms with Crippen LogP contribution in [0.4, 0.5) is 17.6 Å². The number of rotatable bonds is 3. The van der Waals surface area contributed by atoms with Crippen molar-refractivity contribution in [1.82, 2.24) is 0 Å². The molecule has 1 aromatic rings. The van der Waals surface area contributed by atoms with Crippen LogP contribution < -0.4 is 0 Å². The van der Waals surface area contributed by atoms with Gasteiger partial charge in [0.1, 0.15) is 5.75 Å². The minimum Gasteiger partial charge on any atom is -0.508 e. The second-order valence-corrected chi connectivity index (χ2v) is 3.95. The Morgan fingerprint density at radius 1 is 1.12 bits per heavy atom. The average molecular weight is 277 g/mol. The van der Waals surface area contributed by atoms with E-state index in [-0.39, 0.29) is 5.75 Å². The van der Waals surface area contributed by atoms with Crippen molar-refractivity contribution < 1.29 is 22.7 Å². The van der Waals surface area contributed by atoms with Gasteiger partial charge in [0, 0.05) is 5.56 Å². The van der Waals surface area contributed by atoms with Crippen LogP contribution in [0.1, 0.15) is 5.56 Å². The number of alkyl halides is 6. The second-order valence-electron chi connectivity index (χ2n) is 3.04. The summed E-state index contributed by atoms with van der Waals surface area (Å²) in [6.45, 7) is 0. The molecule has 0 aliphatic carbocycles. The van der Waals surface area contributed by atoms with Crippen LogP contribution in [0.3, 0.4) is 0 Å². The highest BCUT2D eigenvalue weighted by Gasteiger charge is 2.60. The van der Waals surface area contributed by atoms with Gasteiger partial charge < -0.3 is 5.11 Å². The van der Waals surface area contributed by atoms with Crippen molar-refractivity contribution in [2.75, 3.05) is 0 Å². The Labute approximate surface area is 98.6 Å². The monoisotopic (exact) mass is 276 g/mol. The van der Waals surface area contributed by atoms with E-state index in [1.54, 1.807) is 0 Å². The van der Waals surface area contributed by atoms with Crippen molar-refractivity contribution >= 4 is 23.2 Å². The van der Waals surface area contributed by atoms with Crippen LogP contribution >= 0.6 is 23.2 Å². The summed E-state index contributed by atoms with van der Waals surface area (Å²) >= 11 is 9.52. The van der Waals surface area contributed by atoms with Crippen molar-refractivity contribution in [3.05, 3.63) is 29.8 Å². The summed E-state index contributed by atoms with van der Waals surface area (Å²) < 4.78 is 52.0. The maximum absolute atomic E-state index is 13.6. The molecule has 90 valence electrons. The molecule has 0 aromatic heterocycles. The van der Waals surface area contributed by atoms with Gasteiger partial charge in [-0.15, -0.1) is 0 Å². The molecule has 1 rings (SSSR count). The molecule has 0 spiro atoms. The standard InChI is InChI=1S/C9H6Cl2F4O/c10-7(12)9(14,15)8(11,13)5-1-3-6(16)4-2-5/h1-4,7,16H. The highest BCUT2D eigenvalue weighted by atomic mass is 35.5. The van der Waals surface area contributed by atoms with Crippen LogP contribution in [0.2, 0.25) is 0 Å². The molecule has 0 saturated heterocycles. The summed E-state index contributed by atoms with van der Waals surface area (Å²) in [5.74, 6) is -4.85. The Bertz CT molecular complexity index is 364. The third kappa shape index (κ3) is 2.20. The molecule has 0 amide bonds. The molecule has 1 aromatic carbocycles. The average Bonchev–Trinajstić information content (AvgIpc) is 2.17. The van der Waals surface area contributed by atoms with E-state index >= 15 is 0 Å². The molecule has 0 aliphatic rings. The fraction of sp³-hybridized carbons (Fsp3) is 0.333. The van der Waals surface area contributed by atoms with Gasteiger partial charge in [-0.2, -0.15) is 8.78 Å². The van der Waals surface area contributed by atoms with Gasteiger partial charge in [0.15, 0.2) is 0 Å². The van der Waals surface area contributed by atoms with Gasteiger partial charge in [0.2, 0.25) is 5.63 Å². The molecule has 0 bridgehead atoms. The number of phenols is 1. The fourth-order valence-corrected chi connectivity index (χ4v) is 1.43. The van der Waals surface area contributed by atoms with Crippen molar-refractivity contribution in [3.63, 3.8) is 0 Å². The van der Waals surface area contributed by atoms with Crippen molar-refractivity contribution in [2.24, 2.45) is 0 Å². The minimum atomic E-state index is -4.59. The van der Waals surface area contributed by atoms with E-state index in [4.69, 9.17) is 16.7 Å². The number of halogens is 6. The van der Waals surface area contributed by atoms with E-state index in [1.807, 2.05) is 0 Å². The molecule has 0 heterocycles. The molecule has 1 nitrogen and oxygen atoms in total. The van der Waals surface area contributed by atoms with E-state index in [9.17, 15) is 17.6 Å². The first kappa shape index (κ1) is 13.4. The summed E-state index contributed by atoms with van der Waals surface area (Å²) in [6, 6.07) is 3.53. The lowest BCUT2D eigenvalue weighted by atomic mass is 10.0. The Balaban J connectivity index is 3.15. The smallest absolute Gasteiger partial charge is 0.343 e. The third-order valence-electron chi connectivity index (χ3n) is 1.92. The zero-order valence-electron chi connectivity index (χ0n) is 7.60. The Morgan fingerprint density at radius 2 is 1.56 bits per heavy atom. The molecule has 2 atom stereocenters. The van der Waals surface area contributed by atoms with Gasteiger partial charge in [-0.05, 0) is 12.1 Å². The van der Waals surface area contributed by atoms with Gasteiger partial charge in [0.25, 0.3) is 5.13 Å². The third-order valence-corrected chi connectivity index (χ3v) is 2.67. The van der Waals surface area contributed by atoms with Gasteiger partial charge in [-0.1, -0.05) is 35.3 Å². The SMILES string of the molecule is Oc1ccc(C(F)(Cl)C(F)(F)C(F)Cl)cc1. The maximum Gasteiger partial charge on any atom is 0.343 e. The summed E-state index contributed by atoms with van der Waals surface area (Å²) in [4.78, 5) is 0. The summed E-state index contributed by atoms with van der Waals surface area (Å²) in [7, 11) is 0. The van der Waals surface area contributed by atoms with Gasteiger partial charge in [-0.25, -0.2) is 8.78 Å². The fourth-order valence-electron chi connectivity index (χ4n) is 1.00. The topological polar surface area (TPSA) is 20.2 Å². The van der Waals surface area contributed by atoms with E-state index in [0.717, 1.165) is 24.3 Å². The van der Waals surface area contributed by atoms with Crippen LogP contribution in [0.25, 0.3) is 0 Å². The molecule has 1 N–H and O–H groups in total. The first-order valence-corrected chi connectivity index (χ1v) is 4.84. The molecular formula is C9H6Cl2F4O. The zero-order chi connectivity index (χ0) is 12.6. The quantitative estimate of drug-likeness (QED) is 0.655. The highest BCUT2D eigenvalue weighted by Crippen LogP contribution is 2.48. The lowest BCUT2D eigenvalue weighted by molar-refractivity contribution is -0.126. The van der Waals surface area contributed by atoms with Crippen LogP contribution in [0.15, 0.2) is 24.3 Å². The van der Waals surface area contributed by atoms with Gasteiger partial charge in [-0.3, -0.25) is 0 Å². The molecule has 2 unspecified atom stereocenters. The highest BCUT2D eigenvalue weighted by molar-refractivity contribution is 6.26. The van der Waals surface area contributed by atoms with Crippen molar-refractivity contribution in [1.29, 1.82) is 0 Å². The molecule has 0 saturated carbocycles. The molecule has 0 radical (unpaired) electrons. The lowest BCUT2D eigenvalue weighted by Crippen LogP contribution is -2.42. The molecule has 0 fully saturated rings. The Hall–Kier alpha value is -0.680. The van der Waals surface area contributed by atoms with Crippen LogP contribution in [0, 0.1) is 0 Å². The predicted octanol–water partition coefficient (Wildman–Crippen LogP) is 3.92. The number of hydrogen-bond donors (Lipinski definition) is 1. The minimum absolute atomic E-state index is 0.262. The molecule has 16 heavy (non-hydrogen) atoms. The summed E-state index contributed by atoms with van der Waals surface area (Å²) in [5.41, 5.74) is -3.95. The summed E-state index contributed by atoms with van der Waals surface area (Å²) in [5, 5.41) is 5.11. The first-order chi connectivity index (χ1) is 7.19. The van der Waals surface area contributed by atoms with Crippen LogP contribution in [-0.4, -0.2) is 16.7 Å². The number of benzene rings is 1. The number of aromatic hydroxyl groups is 1. The van der Waals surface area contributed by atoms with E-state index in [2.05, 4.69) is 11.6 Å². The second kappa shape index (κ2) is 4.30. The zero-order valence-corrected chi connectivity index (χ0v) is 9.11. The molecule has 0 aliphatic heterocycles. The number of phenolic OH excluding ortho intramolecular Hbond substituents is 1. The first-order valence-electron chi connectivity index (χ1n) is 4.03. The normalized spacial score (nSPS) is 17.9. The number of hydrogen-bond acceptors (Lipinski definition) is 1. The molecule has 7 heteroatoms. The van der Waals surface area contributed by atoms with Crippen molar-refractivity contribution in [3.8, 4) is 5.75 Å². The Kier molecular flexibility index (Phi) is 3.59. The van der Waals surface area contributed by atoms with Gasteiger partial charge in [0.05, 0.1) is 0 Å². The Morgan fingerprint density at radius 3 is 1.94 bits per heavy atom.